The molecule has 2 aromatic rings. The zero-order chi connectivity index (χ0) is 13.0. The Balaban J connectivity index is 2.28. The van der Waals surface area contributed by atoms with Gasteiger partial charge in [0.2, 0.25) is 0 Å². The number of aromatic nitrogens is 3. The molecule has 1 aromatic heterocycles. The Morgan fingerprint density at radius 1 is 1.33 bits per heavy atom. The molecular weight excluding hydrogens is 254 g/mol. The minimum absolute atomic E-state index is 0.179. The fourth-order valence-corrected chi connectivity index (χ4v) is 2.22. The summed E-state index contributed by atoms with van der Waals surface area (Å²) in [6.45, 7) is 0. The van der Waals surface area contributed by atoms with Gasteiger partial charge >= 0.3 is 5.97 Å². The summed E-state index contributed by atoms with van der Waals surface area (Å²) in [5, 5.41) is 15.7. The second-order valence-electron chi connectivity index (χ2n) is 3.39. The molecule has 0 radical (unpaired) electrons. The van der Waals surface area contributed by atoms with E-state index in [2.05, 4.69) is 15.2 Å². The van der Waals surface area contributed by atoms with Gasteiger partial charge in [-0.05, 0) is 5.56 Å². The van der Waals surface area contributed by atoms with E-state index in [9.17, 15) is 14.7 Å². The monoisotopic (exact) mass is 263 g/mol. The molecule has 1 aromatic carbocycles. The third kappa shape index (κ3) is 2.95. The van der Waals surface area contributed by atoms with Gasteiger partial charge in [-0.15, -0.1) is 5.10 Å². The van der Waals surface area contributed by atoms with Gasteiger partial charge < -0.3 is 5.11 Å². The summed E-state index contributed by atoms with van der Waals surface area (Å²) in [5.41, 5.74) is 0.214. The lowest BCUT2D eigenvalue weighted by Crippen LogP contribution is -2.12. The number of hydrogen-bond acceptors (Lipinski definition) is 5. The molecule has 1 heterocycles. The maximum absolute atomic E-state index is 11.2. The zero-order valence-corrected chi connectivity index (χ0v) is 9.92. The number of benzene rings is 1. The van der Waals surface area contributed by atoms with Crippen LogP contribution in [0.3, 0.4) is 0 Å². The fourth-order valence-electron chi connectivity index (χ4n) is 1.35. The third-order valence-corrected chi connectivity index (χ3v) is 3.23. The maximum atomic E-state index is 11.2. The highest BCUT2D eigenvalue weighted by molar-refractivity contribution is 8.00. The second kappa shape index (κ2) is 5.46. The summed E-state index contributed by atoms with van der Waals surface area (Å²) in [4.78, 5) is 24.7. The minimum atomic E-state index is -1.00. The van der Waals surface area contributed by atoms with Crippen LogP contribution in [0.15, 0.2) is 46.5 Å². The molecule has 0 aliphatic heterocycles. The molecule has 2 rings (SSSR count). The number of carboxylic acid groups (broad SMARTS) is 1. The first-order chi connectivity index (χ1) is 8.66. The van der Waals surface area contributed by atoms with Gasteiger partial charge in [0.15, 0.2) is 5.16 Å². The standard InChI is InChI=1S/C11H9N3O3S/c15-8-6-12-14-11(13-8)18-9(10(16)17)7-4-2-1-3-5-7/h1-6,9H,(H,16,17)(H,13,14,15). The third-order valence-electron chi connectivity index (χ3n) is 2.11. The molecule has 1 atom stereocenters. The molecule has 7 heteroatoms. The molecule has 18 heavy (non-hydrogen) atoms. The lowest BCUT2D eigenvalue weighted by atomic mass is 10.1. The van der Waals surface area contributed by atoms with E-state index in [0.717, 1.165) is 18.0 Å². The largest absolute Gasteiger partial charge is 0.480 e. The predicted molar refractivity (Wildman–Crippen MR) is 65.3 cm³/mol. The molecule has 0 spiro atoms. The van der Waals surface area contributed by atoms with Crippen LogP contribution in [0.4, 0.5) is 0 Å². The molecule has 0 aliphatic carbocycles. The fraction of sp³-hybridized carbons (Fsp3) is 0.0909. The molecule has 0 aliphatic rings. The van der Waals surface area contributed by atoms with Crippen LogP contribution >= 0.6 is 11.8 Å². The minimum Gasteiger partial charge on any atom is -0.480 e. The average molecular weight is 263 g/mol. The van der Waals surface area contributed by atoms with Crippen LogP contribution in [0.2, 0.25) is 0 Å². The second-order valence-corrected chi connectivity index (χ2v) is 4.48. The number of aromatic amines is 1. The van der Waals surface area contributed by atoms with Crippen molar-refractivity contribution >= 4 is 17.7 Å². The first-order valence-electron chi connectivity index (χ1n) is 5.03. The summed E-state index contributed by atoms with van der Waals surface area (Å²) >= 11 is 0.935. The number of thioether (sulfide) groups is 1. The summed E-state index contributed by atoms with van der Waals surface area (Å²) in [7, 11) is 0. The Morgan fingerprint density at radius 2 is 2.06 bits per heavy atom. The number of rotatable bonds is 4. The number of carbonyl (C=O) groups is 1. The number of carboxylic acids is 1. The Labute approximate surface area is 106 Å². The highest BCUT2D eigenvalue weighted by Gasteiger charge is 2.22. The summed E-state index contributed by atoms with van der Waals surface area (Å²) in [6, 6.07) is 8.73. The van der Waals surface area contributed by atoms with Crippen molar-refractivity contribution in [3.63, 3.8) is 0 Å². The van der Waals surface area contributed by atoms with Crippen LogP contribution in [-0.2, 0) is 4.79 Å². The average Bonchev–Trinajstić information content (AvgIpc) is 2.37. The molecule has 0 saturated carbocycles. The Bertz CT molecular complexity index is 600. The number of H-pyrrole nitrogens is 1. The molecule has 92 valence electrons. The van der Waals surface area contributed by atoms with Crippen LogP contribution in [0.1, 0.15) is 10.8 Å². The topological polar surface area (TPSA) is 95.9 Å². The van der Waals surface area contributed by atoms with Crippen molar-refractivity contribution in [2.75, 3.05) is 0 Å². The lowest BCUT2D eigenvalue weighted by molar-refractivity contribution is -0.136. The van der Waals surface area contributed by atoms with Crippen molar-refractivity contribution < 1.29 is 9.90 Å². The van der Waals surface area contributed by atoms with E-state index in [1.165, 1.54) is 0 Å². The van der Waals surface area contributed by atoms with Crippen molar-refractivity contribution in [2.24, 2.45) is 0 Å². The summed E-state index contributed by atoms with van der Waals surface area (Å²) < 4.78 is 0. The van der Waals surface area contributed by atoms with Gasteiger partial charge in [0, 0.05) is 0 Å². The lowest BCUT2D eigenvalue weighted by Gasteiger charge is -2.10. The molecule has 0 amide bonds. The van der Waals surface area contributed by atoms with E-state index < -0.39 is 16.8 Å². The van der Waals surface area contributed by atoms with Crippen molar-refractivity contribution in [1.29, 1.82) is 0 Å². The van der Waals surface area contributed by atoms with Gasteiger partial charge in [0.05, 0.1) is 0 Å². The van der Waals surface area contributed by atoms with Gasteiger partial charge in [-0.2, -0.15) is 5.10 Å². The molecule has 0 fully saturated rings. The molecule has 0 saturated heterocycles. The van der Waals surface area contributed by atoms with Crippen LogP contribution in [0.25, 0.3) is 0 Å². The Kier molecular flexibility index (Phi) is 3.73. The van der Waals surface area contributed by atoms with Gasteiger partial charge in [0.25, 0.3) is 5.56 Å². The van der Waals surface area contributed by atoms with E-state index in [1.807, 2.05) is 0 Å². The zero-order valence-electron chi connectivity index (χ0n) is 9.11. The van der Waals surface area contributed by atoms with Gasteiger partial charge in [-0.3, -0.25) is 14.6 Å². The molecule has 2 N–H and O–H groups in total. The summed E-state index contributed by atoms with van der Waals surface area (Å²) in [5.74, 6) is -1.00. The van der Waals surface area contributed by atoms with E-state index in [1.54, 1.807) is 30.3 Å². The predicted octanol–water partition coefficient (Wildman–Crippen LogP) is 1.08. The van der Waals surface area contributed by atoms with Gasteiger partial charge in [-0.1, -0.05) is 42.1 Å². The number of aliphatic carboxylic acids is 1. The van der Waals surface area contributed by atoms with Crippen molar-refractivity contribution in [1.82, 2.24) is 15.2 Å². The highest BCUT2D eigenvalue weighted by Crippen LogP contribution is 2.32. The number of nitrogens with one attached hydrogen (secondary N) is 1. The molecular formula is C11H9N3O3S. The first kappa shape index (κ1) is 12.3. The van der Waals surface area contributed by atoms with Crippen LogP contribution in [0, 0.1) is 0 Å². The first-order valence-corrected chi connectivity index (χ1v) is 5.91. The molecule has 1 unspecified atom stereocenters. The quantitative estimate of drug-likeness (QED) is 0.801. The maximum Gasteiger partial charge on any atom is 0.321 e. The van der Waals surface area contributed by atoms with E-state index in [4.69, 9.17) is 0 Å². The molecule has 0 bridgehead atoms. The summed E-state index contributed by atoms with van der Waals surface area (Å²) in [6.07, 6.45) is 1.03. The smallest absolute Gasteiger partial charge is 0.321 e. The Morgan fingerprint density at radius 3 is 2.67 bits per heavy atom. The van der Waals surface area contributed by atoms with Crippen molar-refractivity contribution in [3.05, 3.63) is 52.4 Å². The van der Waals surface area contributed by atoms with Crippen molar-refractivity contribution in [2.45, 2.75) is 10.4 Å². The van der Waals surface area contributed by atoms with Crippen LogP contribution in [-0.4, -0.2) is 26.3 Å². The SMILES string of the molecule is O=C(O)C(Sc1nncc(=O)[nH]1)c1ccccc1. The highest BCUT2D eigenvalue weighted by atomic mass is 32.2. The normalized spacial score (nSPS) is 12.0. The number of nitrogens with zero attached hydrogens (tertiary/aromatic N) is 2. The van der Waals surface area contributed by atoms with E-state index >= 15 is 0 Å². The van der Waals surface area contributed by atoms with E-state index in [-0.39, 0.29) is 5.16 Å². The van der Waals surface area contributed by atoms with Crippen LogP contribution in [0.5, 0.6) is 0 Å². The van der Waals surface area contributed by atoms with Crippen LogP contribution < -0.4 is 5.56 Å². The van der Waals surface area contributed by atoms with E-state index in [0.29, 0.717) is 5.56 Å². The Hall–Kier alpha value is -2.15. The van der Waals surface area contributed by atoms with Gasteiger partial charge in [0.1, 0.15) is 11.4 Å². The number of hydrogen-bond donors (Lipinski definition) is 2. The molecule has 6 nitrogen and oxygen atoms in total. The van der Waals surface area contributed by atoms with Crippen molar-refractivity contribution in [3.8, 4) is 0 Å². The van der Waals surface area contributed by atoms with Gasteiger partial charge in [-0.25, -0.2) is 0 Å².